The quantitative estimate of drug-likeness (QED) is 0.689. The summed E-state index contributed by atoms with van der Waals surface area (Å²) in [5.41, 5.74) is 1.69. The number of thioether (sulfide) groups is 1. The van der Waals surface area contributed by atoms with Crippen LogP contribution in [0.3, 0.4) is 0 Å². The van der Waals surface area contributed by atoms with Gasteiger partial charge < -0.3 is 4.74 Å². The molecule has 0 saturated carbocycles. The van der Waals surface area contributed by atoms with E-state index in [0.29, 0.717) is 5.56 Å². The molecule has 0 bridgehead atoms. The zero-order valence-corrected chi connectivity index (χ0v) is 14.2. The Kier molecular flexibility index (Phi) is 4.80. The normalized spacial score (nSPS) is 14.1. The van der Waals surface area contributed by atoms with Crippen molar-refractivity contribution in [2.24, 2.45) is 4.99 Å². The van der Waals surface area contributed by atoms with E-state index in [-0.39, 0.29) is 12.4 Å². The standard InChI is InChI=1S/C16H13FINOS/c17-13-4-2-1-3-12(13)10-20-15-6-5-11(9-14(15)18)16-19-7-8-21-16/h1-6,9H,7-8,10H2. The van der Waals surface area contributed by atoms with Crippen LogP contribution in [-0.2, 0) is 6.61 Å². The average molecular weight is 413 g/mol. The van der Waals surface area contributed by atoms with Gasteiger partial charge in [0.15, 0.2) is 0 Å². The van der Waals surface area contributed by atoms with Gasteiger partial charge in [-0.25, -0.2) is 4.39 Å². The molecule has 0 amide bonds. The molecular weight excluding hydrogens is 400 g/mol. The number of benzene rings is 2. The molecule has 0 aromatic heterocycles. The van der Waals surface area contributed by atoms with Gasteiger partial charge in [0.25, 0.3) is 0 Å². The molecule has 0 aliphatic carbocycles. The summed E-state index contributed by atoms with van der Waals surface area (Å²) in [7, 11) is 0. The van der Waals surface area contributed by atoms with E-state index in [2.05, 4.69) is 33.6 Å². The van der Waals surface area contributed by atoms with Crippen molar-refractivity contribution in [1.82, 2.24) is 0 Å². The third-order valence-corrected chi connectivity index (χ3v) is 4.97. The monoisotopic (exact) mass is 413 g/mol. The van der Waals surface area contributed by atoms with Gasteiger partial charge in [-0.1, -0.05) is 18.2 Å². The molecule has 0 spiro atoms. The van der Waals surface area contributed by atoms with Gasteiger partial charge in [0, 0.05) is 23.4 Å². The summed E-state index contributed by atoms with van der Waals surface area (Å²) in [5.74, 6) is 1.59. The lowest BCUT2D eigenvalue weighted by Gasteiger charge is -2.10. The van der Waals surface area contributed by atoms with Gasteiger partial charge >= 0.3 is 0 Å². The molecule has 0 saturated heterocycles. The van der Waals surface area contributed by atoms with Crippen LogP contribution in [-0.4, -0.2) is 17.3 Å². The van der Waals surface area contributed by atoms with Crippen LogP contribution in [0.2, 0.25) is 0 Å². The van der Waals surface area contributed by atoms with Crippen molar-refractivity contribution in [2.45, 2.75) is 6.61 Å². The second-order valence-electron chi connectivity index (χ2n) is 4.56. The molecule has 3 rings (SSSR count). The topological polar surface area (TPSA) is 21.6 Å². The molecule has 0 unspecified atom stereocenters. The Balaban J connectivity index is 1.73. The van der Waals surface area contributed by atoms with E-state index >= 15 is 0 Å². The van der Waals surface area contributed by atoms with Gasteiger partial charge in [0.2, 0.25) is 0 Å². The summed E-state index contributed by atoms with van der Waals surface area (Å²) in [6, 6.07) is 12.7. The van der Waals surface area contributed by atoms with Crippen molar-refractivity contribution in [3.8, 4) is 5.75 Å². The smallest absolute Gasteiger partial charge is 0.133 e. The Morgan fingerprint density at radius 3 is 2.81 bits per heavy atom. The number of ether oxygens (including phenoxy) is 1. The second kappa shape index (κ2) is 6.79. The number of aliphatic imine (C=N–C) groups is 1. The third kappa shape index (κ3) is 3.58. The zero-order valence-electron chi connectivity index (χ0n) is 11.2. The SMILES string of the molecule is Fc1ccccc1COc1ccc(C2=NCCS2)cc1I. The Morgan fingerprint density at radius 2 is 2.10 bits per heavy atom. The van der Waals surface area contributed by atoms with E-state index < -0.39 is 0 Å². The molecule has 2 aromatic rings. The lowest BCUT2D eigenvalue weighted by atomic mass is 10.2. The summed E-state index contributed by atoms with van der Waals surface area (Å²) >= 11 is 4.02. The van der Waals surface area contributed by atoms with Crippen LogP contribution in [0, 0.1) is 9.39 Å². The van der Waals surface area contributed by atoms with Gasteiger partial charge in [-0.15, -0.1) is 11.8 Å². The summed E-state index contributed by atoms with van der Waals surface area (Å²) in [6.45, 7) is 1.12. The van der Waals surface area contributed by atoms with E-state index in [9.17, 15) is 4.39 Å². The summed E-state index contributed by atoms with van der Waals surface area (Å²) in [6.07, 6.45) is 0. The lowest BCUT2D eigenvalue weighted by molar-refractivity contribution is 0.297. The maximum Gasteiger partial charge on any atom is 0.133 e. The fourth-order valence-electron chi connectivity index (χ4n) is 2.03. The molecule has 2 aromatic carbocycles. The van der Waals surface area contributed by atoms with Gasteiger partial charge in [-0.3, -0.25) is 4.99 Å². The van der Waals surface area contributed by atoms with Crippen molar-refractivity contribution in [2.75, 3.05) is 12.3 Å². The maximum atomic E-state index is 13.6. The van der Waals surface area contributed by atoms with Crippen LogP contribution in [0.4, 0.5) is 4.39 Å². The molecular formula is C16H13FINOS. The number of hydrogen-bond donors (Lipinski definition) is 0. The highest BCUT2D eigenvalue weighted by molar-refractivity contribution is 14.1. The summed E-state index contributed by atoms with van der Waals surface area (Å²) in [4.78, 5) is 4.47. The fourth-order valence-corrected chi connectivity index (χ4v) is 3.55. The first-order valence-corrected chi connectivity index (χ1v) is 8.64. The van der Waals surface area contributed by atoms with E-state index in [4.69, 9.17) is 4.74 Å². The molecule has 21 heavy (non-hydrogen) atoms. The Hall–Kier alpha value is -1.08. The molecule has 0 fully saturated rings. The van der Waals surface area contributed by atoms with Gasteiger partial charge in [0.1, 0.15) is 18.2 Å². The highest BCUT2D eigenvalue weighted by atomic mass is 127. The Bertz CT molecular complexity index is 690. The van der Waals surface area contributed by atoms with Crippen molar-refractivity contribution in [1.29, 1.82) is 0 Å². The largest absolute Gasteiger partial charge is 0.488 e. The van der Waals surface area contributed by atoms with Gasteiger partial charge in [0.05, 0.1) is 8.61 Å². The molecule has 0 atom stereocenters. The molecule has 1 aliphatic heterocycles. The van der Waals surface area contributed by atoms with Crippen LogP contribution < -0.4 is 4.74 Å². The minimum absolute atomic E-state index is 0.234. The Morgan fingerprint density at radius 1 is 1.24 bits per heavy atom. The van der Waals surface area contributed by atoms with E-state index in [1.807, 2.05) is 18.2 Å². The van der Waals surface area contributed by atoms with Gasteiger partial charge in [-0.2, -0.15) is 0 Å². The van der Waals surface area contributed by atoms with Crippen molar-refractivity contribution in [3.05, 3.63) is 63.0 Å². The van der Waals surface area contributed by atoms with Crippen molar-refractivity contribution in [3.63, 3.8) is 0 Å². The zero-order chi connectivity index (χ0) is 14.7. The summed E-state index contributed by atoms with van der Waals surface area (Å²) in [5, 5.41) is 1.09. The molecule has 0 N–H and O–H groups in total. The Labute approximate surface area is 141 Å². The summed E-state index contributed by atoms with van der Waals surface area (Å²) < 4.78 is 20.3. The van der Waals surface area contributed by atoms with Crippen LogP contribution in [0.1, 0.15) is 11.1 Å². The first-order valence-electron chi connectivity index (χ1n) is 6.57. The van der Waals surface area contributed by atoms with E-state index in [0.717, 1.165) is 32.2 Å². The first-order chi connectivity index (χ1) is 10.2. The van der Waals surface area contributed by atoms with Crippen LogP contribution >= 0.6 is 34.4 Å². The number of halogens is 2. The van der Waals surface area contributed by atoms with E-state index in [1.54, 1.807) is 23.9 Å². The number of hydrogen-bond acceptors (Lipinski definition) is 3. The molecule has 2 nitrogen and oxygen atoms in total. The van der Waals surface area contributed by atoms with Crippen LogP contribution in [0.25, 0.3) is 0 Å². The van der Waals surface area contributed by atoms with Crippen LogP contribution in [0.15, 0.2) is 47.5 Å². The van der Waals surface area contributed by atoms with Crippen LogP contribution in [0.5, 0.6) is 5.75 Å². The third-order valence-electron chi connectivity index (χ3n) is 3.11. The minimum Gasteiger partial charge on any atom is -0.488 e. The predicted molar refractivity (Wildman–Crippen MR) is 93.8 cm³/mol. The van der Waals surface area contributed by atoms with Crippen molar-refractivity contribution >= 4 is 39.4 Å². The first kappa shape index (κ1) is 14.8. The van der Waals surface area contributed by atoms with Crippen molar-refractivity contribution < 1.29 is 9.13 Å². The highest BCUT2D eigenvalue weighted by Crippen LogP contribution is 2.27. The fraction of sp³-hybridized carbons (Fsp3) is 0.188. The number of rotatable bonds is 4. The van der Waals surface area contributed by atoms with Gasteiger partial charge in [-0.05, 0) is 46.9 Å². The predicted octanol–water partition coefficient (Wildman–Crippen LogP) is 4.50. The average Bonchev–Trinajstić information content (AvgIpc) is 3.02. The second-order valence-corrected chi connectivity index (χ2v) is 6.81. The maximum absolute atomic E-state index is 13.6. The van der Waals surface area contributed by atoms with E-state index in [1.165, 1.54) is 6.07 Å². The molecule has 1 aliphatic rings. The minimum atomic E-state index is -0.235. The molecule has 0 radical (unpaired) electrons. The molecule has 1 heterocycles. The lowest BCUT2D eigenvalue weighted by Crippen LogP contribution is -2.01. The number of nitrogens with zero attached hydrogens (tertiary/aromatic N) is 1. The molecule has 5 heteroatoms. The highest BCUT2D eigenvalue weighted by Gasteiger charge is 2.12. The molecule has 108 valence electrons.